The number of carbonyl (C=O) groups is 1. The summed E-state index contributed by atoms with van der Waals surface area (Å²) >= 11 is 0. The molecule has 156 valence electrons. The van der Waals surface area contributed by atoms with Crippen LogP contribution in [0, 0.1) is 5.82 Å². The summed E-state index contributed by atoms with van der Waals surface area (Å²) in [5.41, 5.74) is 1.26. The van der Waals surface area contributed by atoms with Crippen LogP contribution in [0.15, 0.2) is 36.4 Å². The van der Waals surface area contributed by atoms with Crippen molar-refractivity contribution in [3.05, 3.63) is 42.2 Å². The molecule has 2 fully saturated rings. The van der Waals surface area contributed by atoms with E-state index >= 15 is 0 Å². The van der Waals surface area contributed by atoms with Crippen LogP contribution < -0.4 is 10.2 Å². The van der Waals surface area contributed by atoms with Crippen LogP contribution in [0.5, 0.6) is 0 Å². The number of hydrogen-bond acceptors (Lipinski definition) is 6. The molecule has 0 spiro atoms. The molecule has 1 amide bonds. The standard InChI is InChI=1S/C21H24FN7O/c22-16-5-1-4-15(14-16)20-25-24-18-7-8-19(26-29(18)20)28-11-3-10-27(12-13-28)17-6-2-9-23-21(17)30/h1,4-5,7-8,14,17H,2-3,6,9-13H2,(H,23,30). The highest BCUT2D eigenvalue weighted by Crippen LogP contribution is 2.22. The van der Waals surface area contributed by atoms with Crippen molar-refractivity contribution >= 4 is 17.4 Å². The predicted octanol–water partition coefficient (Wildman–Crippen LogP) is 1.72. The third-order valence-corrected chi connectivity index (χ3v) is 5.88. The van der Waals surface area contributed by atoms with Gasteiger partial charge in [-0.05, 0) is 43.5 Å². The van der Waals surface area contributed by atoms with Gasteiger partial charge in [-0.2, -0.15) is 4.52 Å². The Balaban J connectivity index is 1.38. The summed E-state index contributed by atoms with van der Waals surface area (Å²) in [6.45, 7) is 4.15. The zero-order chi connectivity index (χ0) is 20.5. The van der Waals surface area contributed by atoms with E-state index in [4.69, 9.17) is 5.10 Å². The number of piperidine rings is 1. The quantitative estimate of drug-likeness (QED) is 0.710. The average molecular weight is 409 g/mol. The van der Waals surface area contributed by atoms with Crippen molar-refractivity contribution in [2.45, 2.75) is 25.3 Å². The molecule has 1 aromatic carbocycles. The molecule has 9 heteroatoms. The van der Waals surface area contributed by atoms with Gasteiger partial charge in [0.15, 0.2) is 11.5 Å². The number of amides is 1. The monoisotopic (exact) mass is 409 g/mol. The minimum atomic E-state index is -0.320. The van der Waals surface area contributed by atoms with E-state index in [2.05, 4.69) is 25.3 Å². The summed E-state index contributed by atoms with van der Waals surface area (Å²) in [7, 11) is 0. The van der Waals surface area contributed by atoms with Crippen LogP contribution in [-0.4, -0.2) is 69.4 Å². The maximum absolute atomic E-state index is 13.7. The number of anilines is 1. The Kier molecular flexibility index (Phi) is 5.04. The molecule has 0 bridgehead atoms. The van der Waals surface area contributed by atoms with Crippen molar-refractivity contribution in [2.24, 2.45) is 0 Å². The van der Waals surface area contributed by atoms with Crippen molar-refractivity contribution < 1.29 is 9.18 Å². The van der Waals surface area contributed by atoms with Gasteiger partial charge in [0, 0.05) is 38.3 Å². The molecule has 1 unspecified atom stereocenters. The molecule has 0 saturated carbocycles. The van der Waals surface area contributed by atoms with Crippen LogP contribution >= 0.6 is 0 Å². The molecule has 2 saturated heterocycles. The number of benzene rings is 1. The molecule has 5 rings (SSSR count). The van der Waals surface area contributed by atoms with Gasteiger partial charge in [-0.1, -0.05) is 12.1 Å². The lowest BCUT2D eigenvalue weighted by Gasteiger charge is -2.32. The normalized spacial score (nSPS) is 20.9. The lowest BCUT2D eigenvalue weighted by molar-refractivity contribution is -0.128. The first kappa shape index (κ1) is 18.9. The van der Waals surface area contributed by atoms with E-state index in [-0.39, 0.29) is 17.8 Å². The van der Waals surface area contributed by atoms with Crippen LogP contribution in [0.3, 0.4) is 0 Å². The van der Waals surface area contributed by atoms with Gasteiger partial charge in [0.1, 0.15) is 11.6 Å². The third kappa shape index (κ3) is 3.60. The zero-order valence-electron chi connectivity index (χ0n) is 16.7. The Morgan fingerprint density at radius 2 is 1.97 bits per heavy atom. The summed E-state index contributed by atoms with van der Waals surface area (Å²) in [6, 6.07) is 10.1. The number of hydrogen-bond donors (Lipinski definition) is 1. The van der Waals surface area contributed by atoms with Crippen molar-refractivity contribution in [1.29, 1.82) is 0 Å². The maximum atomic E-state index is 13.7. The lowest BCUT2D eigenvalue weighted by atomic mass is 10.0. The van der Waals surface area contributed by atoms with Gasteiger partial charge < -0.3 is 10.2 Å². The maximum Gasteiger partial charge on any atom is 0.237 e. The summed E-state index contributed by atoms with van der Waals surface area (Å²) in [6.07, 6.45) is 2.92. The van der Waals surface area contributed by atoms with Gasteiger partial charge in [-0.25, -0.2) is 4.39 Å². The van der Waals surface area contributed by atoms with E-state index in [9.17, 15) is 9.18 Å². The number of carbonyl (C=O) groups excluding carboxylic acids is 1. The molecule has 2 aliphatic rings. The first-order valence-electron chi connectivity index (χ1n) is 10.4. The number of nitrogens with one attached hydrogen (secondary N) is 1. The second kappa shape index (κ2) is 7.98. The van der Waals surface area contributed by atoms with Crippen molar-refractivity contribution in [1.82, 2.24) is 30.0 Å². The summed E-state index contributed by atoms with van der Waals surface area (Å²) in [5, 5.41) is 16.1. The highest BCUT2D eigenvalue weighted by molar-refractivity contribution is 5.82. The van der Waals surface area contributed by atoms with Crippen LogP contribution in [0.25, 0.3) is 17.0 Å². The first-order valence-corrected chi connectivity index (χ1v) is 10.4. The lowest BCUT2D eigenvalue weighted by Crippen LogP contribution is -2.51. The molecule has 3 aromatic rings. The first-order chi connectivity index (χ1) is 14.7. The molecular formula is C21H24FN7O. The number of rotatable bonds is 3. The van der Waals surface area contributed by atoms with Gasteiger partial charge in [-0.3, -0.25) is 9.69 Å². The fraction of sp³-hybridized carbons (Fsp3) is 0.429. The van der Waals surface area contributed by atoms with E-state index in [0.717, 1.165) is 57.8 Å². The molecule has 2 aromatic heterocycles. The summed E-state index contributed by atoms with van der Waals surface area (Å²) in [4.78, 5) is 16.8. The minimum Gasteiger partial charge on any atom is -0.355 e. The molecule has 0 aliphatic carbocycles. The Morgan fingerprint density at radius 1 is 1.03 bits per heavy atom. The zero-order valence-corrected chi connectivity index (χ0v) is 16.7. The topological polar surface area (TPSA) is 78.7 Å². The molecule has 4 heterocycles. The fourth-order valence-corrected chi connectivity index (χ4v) is 4.34. The highest BCUT2D eigenvalue weighted by Gasteiger charge is 2.29. The van der Waals surface area contributed by atoms with Gasteiger partial charge in [-0.15, -0.1) is 15.3 Å². The Bertz CT molecular complexity index is 1070. The van der Waals surface area contributed by atoms with Crippen LogP contribution in [0.4, 0.5) is 10.2 Å². The van der Waals surface area contributed by atoms with Crippen molar-refractivity contribution in [2.75, 3.05) is 37.6 Å². The van der Waals surface area contributed by atoms with Gasteiger partial charge >= 0.3 is 0 Å². The van der Waals surface area contributed by atoms with Crippen molar-refractivity contribution in [3.8, 4) is 11.4 Å². The van der Waals surface area contributed by atoms with E-state index in [1.165, 1.54) is 12.1 Å². The second-order valence-electron chi connectivity index (χ2n) is 7.82. The van der Waals surface area contributed by atoms with Crippen LogP contribution in [-0.2, 0) is 4.79 Å². The smallest absolute Gasteiger partial charge is 0.237 e. The number of halogens is 1. The second-order valence-corrected chi connectivity index (χ2v) is 7.82. The number of aromatic nitrogens is 4. The molecular weight excluding hydrogens is 385 g/mol. The van der Waals surface area contributed by atoms with E-state index in [1.807, 2.05) is 12.1 Å². The van der Waals surface area contributed by atoms with Gasteiger partial charge in [0.05, 0.1) is 6.04 Å². The molecule has 0 radical (unpaired) electrons. The van der Waals surface area contributed by atoms with Crippen LogP contribution in [0.2, 0.25) is 0 Å². The fourth-order valence-electron chi connectivity index (χ4n) is 4.34. The largest absolute Gasteiger partial charge is 0.355 e. The highest BCUT2D eigenvalue weighted by atomic mass is 19.1. The van der Waals surface area contributed by atoms with Crippen molar-refractivity contribution in [3.63, 3.8) is 0 Å². The molecule has 2 aliphatic heterocycles. The van der Waals surface area contributed by atoms with E-state index in [1.54, 1.807) is 16.6 Å². The molecule has 1 N–H and O–H groups in total. The van der Waals surface area contributed by atoms with E-state index in [0.29, 0.717) is 17.0 Å². The Hall–Kier alpha value is -3.07. The average Bonchev–Trinajstić information content (AvgIpc) is 3.03. The van der Waals surface area contributed by atoms with Gasteiger partial charge in [0.25, 0.3) is 0 Å². The summed E-state index contributed by atoms with van der Waals surface area (Å²) in [5.74, 6) is 1.18. The van der Waals surface area contributed by atoms with E-state index < -0.39 is 0 Å². The molecule has 1 atom stereocenters. The summed E-state index contributed by atoms with van der Waals surface area (Å²) < 4.78 is 15.3. The number of fused-ring (bicyclic) bond motifs is 1. The molecule has 30 heavy (non-hydrogen) atoms. The Morgan fingerprint density at radius 3 is 2.83 bits per heavy atom. The Labute approximate surface area is 173 Å². The van der Waals surface area contributed by atoms with Gasteiger partial charge in [0.2, 0.25) is 5.91 Å². The van der Waals surface area contributed by atoms with Crippen LogP contribution in [0.1, 0.15) is 19.3 Å². The SMILES string of the molecule is O=C1NCCCC1N1CCCN(c2ccc3nnc(-c4cccc(F)c4)n3n2)CC1. The molecule has 8 nitrogen and oxygen atoms in total. The predicted molar refractivity (Wildman–Crippen MR) is 111 cm³/mol. The third-order valence-electron chi connectivity index (χ3n) is 5.88. The number of nitrogens with zero attached hydrogens (tertiary/aromatic N) is 6. The minimum absolute atomic E-state index is 0.0217.